The number of carbonyl (C=O) groups is 1. The smallest absolute Gasteiger partial charge is 0.303 e. The number of hydrogen-bond donors (Lipinski definition) is 0. The van der Waals surface area contributed by atoms with Gasteiger partial charge in [0.25, 0.3) is 0 Å². The molecule has 1 aliphatic carbocycles. The molecule has 2 rings (SSSR count). The van der Waals surface area contributed by atoms with Crippen LogP contribution < -0.4 is 0 Å². The zero-order valence-electron chi connectivity index (χ0n) is 13.5. The molecule has 114 valence electrons. The Hall–Kier alpha value is -0.830. The van der Waals surface area contributed by atoms with Crippen LogP contribution in [-0.2, 0) is 14.3 Å². The zero-order valence-corrected chi connectivity index (χ0v) is 13.5. The van der Waals surface area contributed by atoms with Gasteiger partial charge in [0.15, 0.2) is 0 Å². The van der Waals surface area contributed by atoms with Gasteiger partial charge in [0.05, 0.1) is 11.7 Å². The van der Waals surface area contributed by atoms with Crippen molar-refractivity contribution in [1.82, 2.24) is 0 Å². The quantitative estimate of drug-likeness (QED) is 0.414. The Balaban J connectivity index is 2.15. The molecule has 3 nitrogen and oxygen atoms in total. The number of epoxide rings is 1. The Labute approximate surface area is 122 Å². The van der Waals surface area contributed by atoms with Gasteiger partial charge in [-0.2, -0.15) is 0 Å². The van der Waals surface area contributed by atoms with Crippen molar-refractivity contribution in [3.63, 3.8) is 0 Å². The first kappa shape index (κ1) is 15.6. The largest absolute Gasteiger partial charge is 0.458 e. The zero-order chi connectivity index (χ0) is 15.0. The fourth-order valence-electron chi connectivity index (χ4n) is 3.21. The monoisotopic (exact) mass is 280 g/mol. The third-order valence-electron chi connectivity index (χ3n) is 4.83. The van der Waals surface area contributed by atoms with Crippen molar-refractivity contribution in [2.24, 2.45) is 5.41 Å². The van der Waals surface area contributed by atoms with Crippen LogP contribution >= 0.6 is 0 Å². The molecule has 0 aromatic rings. The SMILES string of the molecule is CC(=O)O[C@H]1/C=C(/C)CC[C@@H]2O[C@@]2(C)CCCC1(C)C. The van der Waals surface area contributed by atoms with Crippen molar-refractivity contribution in [3.8, 4) is 0 Å². The summed E-state index contributed by atoms with van der Waals surface area (Å²) in [6.07, 6.45) is 7.80. The summed E-state index contributed by atoms with van der Waals surface area (Å²) < 4.78 is 11.4. The van der Waals surface area contributed by atoms with E-state index >= 15 is 0 Å². The summed E-state index contributed by atoms with van der Waals surface area (Å²) in [6, 6.07) is 0. The van der Waals surface area contributed by atoms with E-state index in [1.54, 1.807) is 0 Å². The lowest BCUT2D eigenvalue weighted by Crippen LogP contribution is -2.32. The van der Waals surface area contributed by atoms with Crippen LogP contribution in [0.2, 0.25) is 0 Å². The van der Waals surface area contributed by atoms with Crippen LogP contribution in [0, 0.1) is 5.41 Å². The average Bonchev–Trinajstić information content (AvgIpc) is 2.95. The van der Waals surface area contributed by atoms with Crippen LogP contribution in [-0.4, -0.2) is 23.8 Å². The van der Waals surface area contributed by atoms with Gasteiger partial charge in [-0.3, -0.25) is 4.79 Å². The molecule has 20 heavy (non-hydrogen) atoms. The first-order valence-corrected chi connectivity index (χ1v) is 7.75. The normalized spacial score (nSPS) is 39.8. The summed E-state index contributed by atoms with van der Waals surface area (Å²) in [6.45, 7) is 10.2. The summed E-state index contributed by atoms with van der Waals surface area (Å²) in [5.41, 5.74) is 1.36. The lowest BCUT2D eigenvalue weighted by molar-refractivity contribution is -0.149. The maximum atomic E-state index is 11.4. The minimum absolute atomic E-state index is 0.0297. The van der Waals surface area contributed by atoms with Crippen LogP contribution in [0.15, 0.2) is 11.6 Å². The average molecular weight is 280 g/mol. The van der Waals surface area contributed by atoms with Crippen molar-refractivity contribution in [2.75, 3.05) is 0 Å². The first-order valence-electron chi connectivity index (χ1n) is 7.75. The van der Waals surface area contributed by atoms with Gasteiger partial charge in [-0.1, -0.05) is 19.4 Å². The highest BCUT2D eigenvalue weighted by Crippen LogP contribution is 2.45. The van der Waals surface area contributed by atoms with E-state index in [1.807, 2.05) is 0 Å². The van der Waals surface area contributed by atoms with E-state index in [0.717, 1.165) is 32.1 Å². The highest BCUT2D eigenvalue weighted by Gasteiger charge is 2.51. The number of esters is 1. The minimum atomic E-state index is -0.194. The predicted molar refractivity (Wildman–Crippen MR) is 79.5 cm³/mol. The molecular formula is C17H28O3. The van der Waals surface area contributed by atoms with E-state index in [0.29, 0.717) is 6.10 Å². The molecule has 0 N–H and O–H groups in total. The number of carbonyl (C=O) groups excluding carboxylic acids is 1. The van der Waals surface area contributed by atoms with Gasteiger partial charge in [-0.15, -0.1) is 0 Å². The summed E-state index contributed by atoms with van der Waals surface area (Å²) >= 11 is 0. The molecule has 0 amide bonds. The van der Waals surface area contributed by atoms with Crippen molar-refractivity contribution >= 4 is 5.97 Å². The van der Waals surface area contributed by atoms with Gasteiger partial charge in [0, 0.05) is 12.3 Å². The maximum Gasteiger partial charge on any atom is 0.303 e. The molecule has 0 aromatic carbocycles. The number of fused-ring (bicyclic) bond motifs is 1. The van der Waals surface area contributed by atoms with Crippen molar-refractivity contribution in [3.05, 3.63) is 11.6 Å². The number of ether oxygens (including phenoxy) is 2. The van der Waals surface area contributed by atoms with Crippen LogP contribution in [0.3, 0.4) is 0 Å². The molecule has 0 radical (unpaired) electrons. The molecule has 1 fully saturated rings. The summed E-state index contributed by atoms with van der Waals surface area (Å²) in [5.74, 6) is -0.194. The van der Waals surface area contributed by atoms with Crippen molar-refractivity contribution < 1.29 is 14.3 Å². The van der Waals surface area contributed by atoms with Crippen LogP contribution in [0.4, 0.5) is 0 Å². The maximum absolute atomic E-state index is 11.4. The van der Waals surface area contributed by atoms with Gasteiger partial charge in [0.1, 0.15) is 6.10 Å². The molecule has 2 aliphatic rings. The van der Waals surface area contributed by atoms with E-state index < -0.39 is 0 Å². The molecule has 0 bridgehead atoms. The Morgan fingerprint density at radius 1 is 1.35 bits per heavy atom. The topological polar surface area (TPSA) is 38.8 Å². The van der Waals surface area contributed by atoms with E-state index in [1.165, 1.54) is 12.5 Å². The predicted octanol–water partition coefficient (Wildman–Crippen LogP) is 4.01. The molecular weight excluding hydrogens is 252 g/mol. The second kappa shape index (κ2) is 5.51. The highest BCUT2D eigenvalue weighted by atomic mass is 16.6. The van der Waals surface area contributed by atoms with Crippen molar-refractivity contribution in [2.45, 2.75) is 84.5 Å². The van der Waals surface area contributed by atoms with E-state index in [9.17, 15) is 4.79 Å². The molecule has 1 aliphatic heterocycles. The van der Waals surface area contributed by atoms with E-state index in [4.69, 9.17) is 9.47 Å². The minimum Gasteiger partial charge on any atom is -0.458 e. The number of hydrogen-bond acceptors (Lipinski definition) is 3. The number of allylic oxidation sites excluding steroid dienone is 1. The van der Waals surface area contributed by atoms with Crippen LogP contribution in [0.5, 0.6) is 0 Å². The third-order valence-corrected chi connectivity index (χ3v) is 4.83. The second-order valence-corrected chi connectivity index (χ2v) is 7.34. The first-order chi connectivity index (χ1) is 9.23. The number of rotatable bonds is 1. The lowest BCUT2D eigenvalue weighted by Gasteiger charge is -2.32. The summed E-state index contributed by atoms with van der Waals surface area (Å²) in [4.78, 5) is 11.4. The molecule has 0 saturated carbocycles. The molecule has 0 unspecified atom stereocenters. The molecule has 0 aromatic heterocycles. The van der Waals surface area contributed by atoms with Crippen LogP contribution in [0.25, 0.3) is 0 Å². The molecule has 3 atom stereocenters. The highest BCUT2D eigenvalue weighted by molar-refractivity contribution is 5.66. The fourth-order valence-corrected chi connectivity index (χ4v) is 3.21. The van der Waals surface area contributed by atoms with Gasteiger partial charge < -0.3 is 9.47 Å². The van der Waals surface area contributed by atoms with E-state index in [-0.39, 0.29) is 23.1 Å². The third kappa shape index (κ3) is 3.63. The summed E-state index contributed by atoms with van der Waals surface area (Å²) in [7, 11) is 0. The molecule has 0 spiro atoms. The van der Waals surface area contributed by atoms with Gasteiger partial charge >= 0.3 is 5.97 Å². The molecule has 3 heteroatoms. The Morgan fingerprint density at radius 2 is 2.05 bits per heavy atom. The van der Waals surface area contributed by atoms with Gasteiger partial charge in [0.2, 0.25) is 0 Å². The lowest BCUT2D eigenvalue weighted by atomic mass is 9.80. The summed E-state index contributed by atoms with van der Waals surface area (Å²) in [5, 5.41) is 0. The van der Waals surface area contributed by atoms with E-state index in [2.05, 4.69) is 33.8 Å². The second-order valence-electron chi connectivity index (χ2n) is 7.34. The van der Waals surface area contributed by atoms with Crippen molar-refractivity contribution in [1.29, 1.82) is 0 Å². The fraction of sp³-hybridized carbons (Fsp3) is 0.824. The van der Waals surface area contributed by atoms with Crippen LogP contribution in [0.1, 0.15) is 66.7 Å². The Bertz CT molecular complexity index is 410. The Kier molecular flexibility index (Phi) is 4.29. The molecule has 1 heterocycles. The molecule has 1 saturated heterocycles. The van der Waals surface area contributed by atoms with Gasteiger partial charge in [-0.25, -0.2) is 0 Å². The standard InChI is InChI=1S/C17H28O3/c1-12-7-8-14-17(5,20-14)10-6-9-16(3,4)15(11-12)19-13(2)18/h11,14-15H,6-10H2,1-5H3/b12-11-/t14-,15-,17-/m0/s1. The Morgan fingerprint density at radius 3 is 2.70 bits per heavy atom. The van der Waals surface area contributed by atoms with Gasteiger partial charge in [-0.05, 0) is 52.0 Å².